The zero-order valence-electron chi connectivity index (χ0n) is 14.2. The fraction of sp³-hybridized carbons (Fsp3) is 0.684. The van der Waals surface area contributed by atoms with Crippen molar-refractivity contribution in [2.75, 3.05) is 26.2 Å². The van der Waals surface area contributed by atoms with E-state index in [1.165, 1.54) is 37.1 Å². The monoisotopic (exact) mass is 288 g/mol. The van der Waals surface area contributed by atoms with Crippen LogP contribution in [0.15, 0.2) is 24.3 Å². The lowest BCUT2D eigenvalue weighted by Crippen LogP contribution is -2.43. The Bertz CT molecular complexity index is 429. The van der Waals surface area contributed by atoms with E-state index >= 15 is 0 Å². The van der Waals surface area contributed by atoms with Crippen molar-refractivity contribution in [2.45, 2.75) is 46.6 Å². The minimum atomic E-state index is 0.465. The van der Waals surface area contributed by atoms with Crippen LogP contribution < -0.4 is 5.32 Å². The number of rotatable bonds is 6. The van der Waals surface area contributed by atoms with Crippen molar-refractivity contribution < 1.29 is 0 Å². The number of aryl methyl sites for hydroxylation is 1. The standard InChI is InChI=1S/C19H32N2/c1-5-11-20-19(18-9-7-6-8-16(18)3)14-21-12-10-15(2)17(4)13-21/h6-9,15,17,19-20H,5,10-14H2,1-4H3. The largest absolute Gasteiger partial charge is 0.309 e. The van der Waals surface area contributed by atoms with Gasteiger partial charge < -0.3 is 10.2 Å². The van der Waals surface area contributed by atoms with Gasteiger partial charge in [-0.3, -0.25) is 0 Å². The summed E-state index contributed by atoms with van der Waals surface area (Å²) in [6.45, 7) is 14.0. The minimum absolute atomic E-state index is 0.465. The molecule has 1 heterocycles. The second kappa shape index (κ2) is 7.95. The van der Waals surface area contributed by atoms with Crippen molar-refractivity contribution in [3.8, 4) is 0 Å². The third-order valence-electron chi connectivity index (χ3n) is 5.06. The van der Waals surface area contributed by atoms with Crippen molar-refractivity contribution in [1.29, 1.82) is 0 Å². The number of piperidine rings is 1. The molecule has 0 aliphatic carbocycles. The Labute approximate surface area is 130 Å². The minimum Gasteiger partial charge on any atom is -0.309 e. The first-order valence-corrected chi connectivity index (χ1v) is 8.63. The topological polar surface area (TPSA) is 15.3 Å². The van der Waals surface area contributed by atoms with Crippen LogP contribution in [0.3, 0.4) is 0 Å². The summed E-state index contributed by atoms with van der Waals surface area (Å²) in [5, 5.41) is 3.76. The van der Waals surface area contributed by atoms with E-state index in [1.807, 2.05) is 0 Å². The number of nitrogens with zero attached hydrogens (tertiary/aromatic N) is 1. The molecule has 1 aliphatic heterocycles. The molecule has 1 aromatic rings. The van der Waals surface area contributed by atoms with E-state index in [9.17, 15) is 0 Å². The van der Waals surface area contributed by atoms with Gasteiger partial charge in [-0.1, -0.05) is 45.0 Å². The van der Waals surface area contributed by atoms with Gasteiger partial charge in [-0.25, -0.2) is 0 Å². The molecular formula is C19H32N2. The first-order valence-electron chi connectivity index (χ1n) is 8.63. The van der Waals surface area contributed by atoms with E-state index in [1.54, 1.807) is 0 Å². The van der Waals surface area contributed by atoms with E-state index in [2.05, 4.69) is 62.2 Å². The molecule has 1 aromatic carbocycles. The van der Waals surface area contributed by atoms with Crippen molar-refractivity contribution in [3.63, 3.8) is 0 Å². The Morgan fingerprint density at radius 1 is 1.24 bits per heavy atom. The predicted octanol–water partition coefficient (Wildman–Crippen LogP) is 4.01. The number of hydrogen-bond acceptors (Lipinski definition) is 2. The van der Waals surface area contributed by atoms with Crippen LogP contribution in [0.2, 0.25) is 0 Å². The predicted molar refractivity (Wildman–Crippen MR) is 91.6 cm³/mol. The lowest BCUT2D eigenvalue weighted by Gasteiger charge is -2.37. The van der Waals surface area contributed by atoms with Gasteiger partial charge in [0.25, 0.3) is 0 Å². The first-order chi connectivity index (χ1) is 10.1. The summed E-state index contributed by atoms with van der Waals surface area (Å²) < 4.78 is 0. The summed E-state index contributed by atoms with van der Waals surface area (Å²) in [5.74, 6) is 1.70. The van der Waals surface area contributed by atoms with E-state index < -0.39 is 0 Å². The molecular weight excluding hydrogens is 256 g/mol. The normalized spacial score (nSPS) is 25.0. The maximum atomic E-state index is 3.76. The smallest absolute Gasteiger partial charge is 0.0451 e. The van der Waals surface area contributed by atoms with Gasteiger partial charge in [0.15, 0.2) is 0 Å². The molecule has 1 aliphatic rings. The quantitative estimate of drug-likeness (QED) is 0.850. The van der Waals surface area contributed by atoms with E-state index in [0.29, 0.717) is 6.04 Å². The van der Waals surface area contributed by atoms with Gasteiger partial charge in [-0.15, -0.1) is 0 Å². The van der Waals surface area contributed by atoms with Gasteiger partial charge in [0.05, 0.1) is 0 Å². The summed E-state index contributed by atoms with van der Waals surface area (Å²) >= 11 is 0. The van der Waals surface area contributed by atoms with E-state index in [0.717, 1.165) is 24.9 Å². The molecule has 3 atom stereocenters. The van der Waals surface area contributed by atoms with Crippen LogP contribution in [0, 0.1) is 18.8 Å². The lowest BCUT2D eigenvalue weighted by atomic mass is 9.88. The molecule has 0 spiro atoms. The number of benzene rings is 1. The zero-order chi connectivity index (χ0) is 15.2. The van der Waals surface area contributed by atoms with Gasteiger partial charge >= 0.3 is 0 Å². The van der Waals surface area contributed by atoms with Crippen LogP contribution in [0.1, 0.15) is 50.8 Å². The van der Waals surface area contributed by atoms with Crippen LogP contribution in [0.5, 0.6) is 0 Å². The Morgan fingerprint density at radius 3 is 2.67 bits per heavy atom. The average Bonchev–Trinajstić information content (AvgIpc) is 2.48. The highest BCUT2D eigenvalue weighted by Gasteiger charge is 2.25. The van der Waals surface area contributed by atoms with Gasteiger partial charge in [-0.2, -0.15) is 0 Å². The van der Waals surface area contributed by atoms with Crippen LogP contribution in [-0.2, 0) is 0 Å². The SMILES string of the molecule is CCCNC(CN1CCC(C)C(C)C1)c1ccccc1C. The van der Waals surface area contributed by atoms with E-state index in [4.69, 9.17) is 0 Å². The second-order valence-electron chi connectivity index (χ2n) is 6.87. The fourth-order valence-electron chi connectivity index (χ4n) is 3.34. The first kappa shape index (κ1) is 16.5. The van der Waals surface area contributed by atoms with Crippen LogP contribution in [0.25, 0.3) is 0 Å². The zero-order valence-corrected chi connectivity index (χ0v) is 14.2. The fourth-order valence-corrected chi connectivity index (χ4v) is 3.34. The molecule has 0 bridgehead atoms. The third-order valence-corrected chi connectivity index (χ3v) is 5.06. The second-order valence-corrected chi connectivity index (χ2v) is 6.87. The summed E-state index contributed by atoms with van der Waals surface area (Å²) in [7, 11) is 0. The molecule has 0 amide bonds. The van der Waals surface area contributed by atoms with Gasteiger partial charge in [-0.05, 0) is 55.8 Å². The maximum Gasteiger partial charge on any atom is 0.0451 e. The van der Waals surface area contributed by atoms with E-state index in [-0.39, 0.29) is 0 Å². The van der Waals surface area contributed by atoms with Gasteiger partial charge in [0.2, 0.25) is 0 Å². The van der Waals surface area contributed by atoms with Crippen molar-refractivity contribution in [1.82, 2.24) is 10.2 Å². The number of nitrogens with one attached hydrogen (secondary N) is 1. The van der Waals surface area contributed by atoms with Crippen molar-refractivity contribution in [3.05, 3.63) is 35.4 Å². The lowest BCUT2D eigenvalue weighted by molar-refractivity contribution is 0.126. The summed E-state index contributed by atoms with van der Waals surface area (Å²) in [5.41, 5.74) is 2.88. The Hall–Kier alpha value is -0.860. The summed E-state index contributed by atoms with van der Waals surface area (Å²) in [6.07, 6.45) is 2.53. The van der Waals surface area contributed by atoms with Crippen LogP contribution in [0.4, 0.5) is 0 Å². The highest BCUT2D eigenvalue weighted by Crippen LogP contribution is 2.25. The Kier molecular flexibility index (Phi) is 6.25. The van der Waals surface area contributed by atoms with Crippen LogP contribution >= 0.6 is 0 Å². The summed E-state index contributed by atoms with van der Waals surface area (Å²) in [6, 6.07) is 9.30. The molecule has 2 rings (SSSR count). The van der Waals surface area contributed by atoms with Crippen LogP contribution in [-0.4, -0.2) is 31.1 Å². The molecule has 1 N–H and O–H groups in total. The molecule has 21 heavy (non-hydrogen) atoms. The number of hydrogen-bond donors (Lipinski definition) is 1. The molecule has 3 unspecified atom stereocenters. The van der Waals surface area contributed by atoms with Crippen molar-refractivity contribution in [2.24, 2.45) is 11.8 Å². The average molecular weight is 288 g/mol. The highest BCUT2D eigenvalue weighted by molar-refractivity contribution is 5.29. The summed E-state index contributed by atoms with van der Waals surface area (Å²) in [4.78, 5) is 2.66. The molecule has 118 valence electrons. The molecule has 1 saturated heterocycles. The molecule has 2 heteroatoms. The highest BCUT2D eigenvalue weighted by atomic mass is 15.2. The Morgan fingerprint density at radius 2 is 2.00 bits per heavy atom. The molecule has 2 nitrogen and oxygen atoms in total. The van der Waals surface area contributed by atoms with Gasteiger partial charge in [0, 0.05) is 19.1 Å². The number of likely N-dealkylation sites (tertiary alicyclic amines) is 1. The van der Waals surface area contributed by atoms with Crippen molar-refractivity contribution >= 4 is 0 Å². The Balaban J connectivity index is 2.05. The maximum absolute atomic E-state index is 3.76. The molecule has 1 fully saturated rings. The van der Waals surface area contributed by atoms with Gasteiger partial charge in [0.1, 0.15) is 0 Å². The molecule has 0 aromatic heterocycles. The molecule has 0 radical (unpaired) electrons. The third kappa shape index (κ3) is 4.55. The molecule has 0 saturated carbocycles.